The minimum Gasteiger partial charge on any atom is -0.309 e. The van der Waals surface area contributed by atoms with E-state index in [4.69, 9.17) is 0 Å². The molecule has 120 valence electrons. The van der Waals surface area contributed by atoms with Gasteiger partial charge in [-0.15, -0.1) is 0 Å². The highest BCUT2D eigenvalue weighted by Crippen LogP contribution is 2.23. The third-order valence-corrected chi connectivity index (χ3v) is 4.27. The maximum absolute atomic E-state index is 3.68. The fourth-order valence-corrected chi connectivity index (χ4v) is 3.12. The fraction of sp³-hybridized carbons (Fsp3) is 0.684. The van der Waals surface area contributed by atoms with Crippen LogP contribution in [-0.4, -0.2) is 30.1 Å². The summed E-state index contributed by atoms with van der Waals surface area (Å²) < 4.78 is 0. The first-order valence-electron chi connectivity index (χ1n) is 8.65. The standard InChI is InChI=1S/C19H34N2/c1-6-8-12-15-21(16(3)4)17(5)19(20-7-2)18-13-10-9-11-14-18/h9-11,13-14,16-17,19-20H,6-8,12,15H2,1-5H3. The van der Waals surface area contributed by atoms with E-state index in [9.17, 15) is 0 Å². The number of benzene rings is 1. The Labute approximate surface area is 131 Å². The van der Waals surface area contributed by atoms with Crippen LogP contribution in [0.15, 0.2) is 30.3 Å². The number of hydrogen-bond acceptors (Lipinski definition) is 2. The van der Waals surface area contributed by atoms with Gasteiger partial charge in [0.15, 0.2) is 0 Å². The number of hydrogen-bond donors (Lipinski definition) is 1. The zero-order valence-corrected chi connectivity index (χ0v) is 14.6. The molecule has 21 heavy (non-hydrogen) atoms. The number of unbranched alkanes of at least 4 members (excludes halogenated alkanes) is 2. The van der Waals surface area contributed by atoms with Gasteiger partial charge in [-0.3, -0.25) is 4.90 Å². The zero-order chi connectivity index (χ0) is 15.7. The van der Waals surface area contributed by atoms with Gasteiger partial charge in [0.1, 0.15) is 0 Å². The SMILES string of the molecule is CCCCCN(C(C)C)C(C)C(NCC)c1ccccc1. The summed E-state index contributed by atoms with van der Waals surface area (Å²) in [5, 5.41) is 3.68. The second kappa shape index (κ2) is 9.97. The molecule has 2 atom stereocenters. The molecule has 0 bridgehead atoms. The van der Waals surface area contributed by atoms with E-state index in [1.165, 1.54) is 31.4 Å². The smallest absolute Gasteiger partial charge is 0.0475 e. The van der Waals surface area contributed by atoms with Crippen molar-refractivity contribution >= 4 is 0 Å². The van der Waals surface area contributed by atoms with Crippen LogP contribution in [-0.2, 0) is 0 Å². The molecule has 1 N–H and O–H groups in total. The third kappa shape index (κ3) is 5.80. The molecule has 0 aliphatic heterocycles. The van der Waals surface area contributed by atoms with Crippen molar-refractivity contribution in [2.75, 3.05) is 13.1 Å². The lowest BCUT2D eigenvalue weighted by atomic mass is 9.97. The summed E-state index contributed by atoms with van der Waals surface area (Å²) in [6, 6.07) is 12.4. The zero-order valence-electron chi connectivity index (χ0n) is 14.6. The molecule has 0 aromatic heterocycles. The third-order valence-electron chi connectivity index (χ3n) is 4.27. The van der Waals surface area contributed by atoms with Crippen molar-refractivity contribution in [3.8, 4) is 0 Å². The molecule has 0 heterocycles. The minimum atomic E-state index is 0.403. The van der Waals surface area contributed by atoms with Gasteiger partial charge in [-0.2, -0.15) is 0 Å². The quantitative estimate of drug-likeness (QED) is 0.632. The first kappa shape index (κ1) is 18.2. The summed E-state index contributed by atoms with van der Waals surface area (Å²) in [6.07, 6.45) is 3.91. The van der Waals surface area contributed by atoms with Crippen molar-refractivity contribution in [1.29, 1.82) is 0 Å². The molecule has 1 aromatic carbocycles. The van der Waals surface area contributed by atoms with Crippen molar-refractivity contribution in [2.24, 2.45) is 0 Å². The summed E-state index contributed by atoms with van der Waals surface area (Å²) in [4.78, 5) is 2.65. The van der Waals surface area contributed by atoms with Gasteiger partial charge in [-0.25, -0.2) is 0 Å². The Balaban J connectivity index is 2.83. The molecule has 0 spiro atoms. The molecular weight excluding hydrogens is 256 g/mol. The van der Waals surface area contributed by atoms with Crippen molar-refractivity contribution in [3.63, 3.8) is 0 Å². The monoisotopic (exact) mass is 290 g/mol. The molecule has 0 aliphatic carbocycles. The molecule has 2 unspecified atom stereocenters. The topological polar surface area (TPSA) is 15.3 Å². The first-order chi connectivity index (χ1) is 10.1. The molecule has 1 rings (SSSR count). The molecule has 0 fully saturated rings. The van der Waals surface area contributed by atoms with E-state index < -0.39 is 0 Å². The number of likely N-dealkylation sites (N-methyl/N-ethyl adjacent to an activating group) is 1. The molecule has 0 radical (unpaired) electrons. The van der Waals surface area contributed by atoms with Crippen molar-refractivity contribution in [1.82, 2.24) is 10.2 Å². The molecule has 0 saturated carbocycles. The Kier molecular flexibility index (Phi) is 8.63. The molecule has 2 heteroatoms. The van der Waals surface area contributed by atoms with Gasteiger partial charge in [0.2, 0.25) is 0 Å². The lowest BCUT2D eigenvalue weighted by Crippen LogP contribution is -2.46. The van der Waals surface area contributed by atoms with Crippen LogP contribution >= 0.6 is 0 Å². The highest BCUT2D eigenvalue weighted by atomic mass is 15.2. The van der Waals surface area contributed by atoms with Crippen LogP contribution < -0.4 is 5.32 Å². The summed E-state index contributed by atoms with van der Waals surface area (Å²) >= 11 is 0. The van der Waals surface area contributed by atoms with E-state index in [0.29, 0.717) is 18.1 Å². The Morgan fingerprint density at radius 1 is 1.00 bits per heavy atom. The van der Waals surface area contributed by atoms with Crippen LogP contribution in [0, 0.1) is 0 Å². The van der Waals surface area contributed by atoms with Crippen molar-refractivity contribution in [3.05, 3.63) is 35.9 Å². The molecule has 2 nitrogen and oxygen atoms in total. The fourth-order valence-electron chi connectivity index (χ4n) is 3.12. The molecule has 1 aromatic rings. The van der Waals surface area contributed by atoms with Crippen molar-refractivity contribution in [2.45, 2.75) is 72.0 Å². The van der Waals surface area contributed by atoms with Crippen LogP contribution in [0.1, 0.15) is 65.5 Å². The Hall–Kier alpha value is -0.860. The maximum Gasteiger partial charge on any atom is 0.0475 e. The highest BCUT2D eigenvalue weighted by molar-refractivity contribution is 5.20. The molecular formula is C19H34N2. The van der Waals surface area contributed by atoms with Crippen LogP contribution in [0.2, 0.25) is 0 Å². The summed E-state index contributed by atoms with van der Waals surface area (Å²) in [6.45, 7) is 13.7. The van der Waals surface area contributed by atoms with Gasteiger partial charge < -0.3 is 5.32 Å². The van der Waals surface area contributed by atoms with Gasteiger partial charge in [0.05, 0.1) is 0 Å². The second-order valence-electron chi connectivity index (χ2n) is 6.23. The van der Waals surface area contributed by atoms with Crippen LogP contribution in [0.25, 0.3) is 0 Å². The van der Waals surface area contributed by atoms with E-state index in [-0.39, 0.29) is 0 Å². The van der Waals surface area contributed by atoms with Crippen molar-refractivity contribution < 1.29 is 0 Å². The van der Waals surface area contributed by atoms with Gasteiger partial charge >= 0.3 is 0 Å². The number of nitrogens with zero attached hydrogens (tertiary/aromatic N) is 1. The molecule has 0 amide bonds. The lowest BCUT2D eigenvalue weighted by Gasteiger charge is -2.38. The molecule has 0 saturated heterocycles. The largest absolute Gasteiger partial charge is 0.309 e. The number of nitrogens with one attached hydrogen (secondary N) is 1. The van der Waals surface area contributed by atoms with E-state index in [2.05, 4.69) is 75.2 Å². The summed E-state index contributed by atoms with van der Waals surface area (Å²) in [5.74, 6) is 0. The van der Waals surface area contributed by atoms with Crippen LogP contribution in [0.5, 0.6) is 0 Å². The van der Waals surface area contributed by atoms with E-state index in [0.717, 1.165) is 6.54 Å². The second-order valence-corrected chi connectivity index (χ2v) is 6.23. The van der Waals surface area contributed by atoms with E-state index >= 15 is 0 Å². The number of rotatable bonds is 10. The average Bonchev–Trinajstić information content (AvgIpc) is 2.49. The Morgan fingerprint density at radius 3 is 2.19 bits per heavy atom. The first-order valence-corrected chi connectivity index (χ1v) is 8.65. The molecule has 0 aliphatic rings. The summed E-state index contributed by atoms with van der Waals surface area (Å²) in [7, 11) is 0. The summed E-state index contributed by atoms with van der Waals surface area (Å²) in [5.41, 5.74) is 1.40. The van der Waals surface area contributed by atoms with E-state index in [1.54, 1.807) is 0 Å². The lowest BCUT2D eigenvalue weighted by molar-refractivity contribution is 0.129. The normalized spacial score (nSPS) is 14.6. The van der Waals surface area contributed by atoms with Gasteiger partial charge in [-0.05, 0) is 45.8 Å². The predicted octanol–water partition coefficient (Wildman–Crippen LogP) is 4.63. The van der Waals surface area contributed by atoms with Crippen LogP contribution in [0.4, 0.5) is 0 Å². The minimum absolute atomic E-state index is 0.403. The van der Waals surface area contributed by atoms with E-state index in [1.807, 2.05) is 0 Å². The van der Waals surface area contributed by atoms with Crippen LogP contribution in [0.3, 0.4) is 0 Å². The maximum atomic E-state index is 3.68. The van der Waals surface area contributed by atoms with Gasteiger partial charge in [-0.1, -0.05) is 57.0 Å². The Morgan fingerprint density at radius 2 is 1.67 bits per heavy atom. The van der Waals surface area contributed by atoms with Gasteiger partial charge in [0, 0.05) is 18.1 Å². The Bertz CT molecular complexity index is 361. The van der Waals surface area contributed by atoms with Gasteiger partial charge in [0.25, 0.3) is 0 Å². The predicted molar refractivity (Wildman–Crippen MR) is 93.7 cm³/mol. The highest BCUT2D eigenvalue weighted by Gasteiger charge is 2.25. The average molecular weight is 290 g/mol.